The number of benzene rings is 5. The molecule has 0 unspecified atom stereocenters. The van der Waals surface area contributed by atoms with Gasteiger partial charge < -0.3 is 0 Å². The molecule has 0 amide bonds. The highest BCUT2D eigenvalue weighted by molar-refractivity contribution is 7.80. The molecule has 0 nitrogen and oxygen atoms in total. The zero-order valence-corrected chi connectivity index (χ0v) is 19.9. The third-order valence-electron chi connectivity index (χ3n) is 5.68. The molecule has 0 aromatic heterocycles. The Morgan fingerprint density at radius 1 is 0.469 bits per heavy atom. The molecule has 1 aliphatic rings. The van der Waals surface area contributed by atoms with Gasteiger partial charge in [0, 0.05) is 4.90 Å². The number of hydrogen-bond donors (Lipinski definition) is 1. The van der Waals surface area contributed by atoms with E-state index in [4.69, 9.17) is 0 Å². The monoisotopic (exact) mass is 456 g/mol. The van der Waals surface area contributed by atoms with Gasteiger partial charge in [0.1, 0.15) is 0 Å². The van der Waals surface area contributed by atoms with Gasteiger partial charge in [0.2, 0.25) is 0 Å². The summed E-state index contributed by atoms with van der Waals surface area (Å²) >= 11 is 4.08. The minimum Gasteiger partial charge on any atom is -0.147 e. The van der Waals surface area contributed by atoms with Crippen LogP contribution in [0, 0.1) is 0 Å². The molecule has 0 N–H and O–H groups in total. The number of hydrogen-bond acceptors (Lipinski definition) is 1. The highest BCUT2D eigenvalue weighted by Crippen LogP contribution is 2.33. The van der Waals surface area contributed by atoms with Crippen LogP contribution in [0.4, 0.5) is 0 Å². The normalized spacial score (nSPS) is 11.8. The lowest BCUT2D eigenvalue weighted by Gasteiger charge is -2.18. The number of aryl methyl sites for hydroxylation is 2. The van der Waals surface area contributed by atoms with Crippen LogP contribution in [0.2, 0.25) is 0 Å². The Morgan fingerprint density at radius 2 is 1.03 bits per heavy atom. The Morgan fingerprint density at radius 3 is 1.69 bits per heavy atom. The molecule has 1 aliphatic carbocycles. The molecule has 5 aromatic carbocycles. The van der Waals surface area contributed by atoms with Crippen LogP contribution in [0.15, 0.2) is 120 Å². The molecule has 0 saturated carbocycles. The molecule has 32 heavy (non-hydrogen) atoms. The third-order valence-corrected chi connectivity index (χ3v) is 5.98. The highest BCUT2D eigenvalue weighted by Gasteiger charge is 2.13. The van der Waals surface area contributed by atoms with Gasteiger partial charge >= 0.3 is 0 Å². The van der Waals surface area contributed by atoms with Crippen molar-refractivity contribution in [1.29, 1.82) is 0 Å². The second-order valence-electron chi connectivity index (χ2n) is 7.78. The molecule has 162 valence electrons. The molecule has 2 heteroatoms. The minimum atomic E-state index is 0. The molecule has 0 spiro atoms. The average molecular weight is 457 g/mol. The number of fused-ring (bicyclic) bond motifs is 5. The number of halogens is 1. The fraction of sp³-hybridized carbons (Fsp3) is 0.133. The topological polar surface area (TPSA) is 0 Å². The van der Waals surface area contributed by atoms with Crippen LogP contribution in [0.1, 0.15) is 24.0 Å². The summed E-state index contributed by atoms with van der Waals surface area (Å²) in [5.41, 5.74) is 3.17. The third kappa shape index (κ3) is 6.16. The first-order chi connectivity index (χ1) is 15.3. The van der Waals surface area contributed by atoms with Gasteiger partial charge in [-0.25, -0.2) is 0 Å². The molecule has 0 heterocycles. The first-order valence-electron chi connectivity index (χ1n) is 11.0. The van der Waals surface area contributed by atoms with Crippen molar-refractivity contribution < 1.29 is 0 Å². The summed E-state index contributed by atoms with van der Waals surface area (Å²) < 4.78 is 0. The van der Waals surface area contributed by atoms with Gasteiger partial charge in [-0.1, -0.05) is 103 Å². The zero-order chi connectivity index (χ0) is 21.3. The Hall–Kier alpha value is -2.74. The molecular weight excluding hydrogens is 428 g/mol. The van der Waals surface area contributed by atoms with Crippen LogP contribution in [-0.2, 0) is 12.8 Å². The van der Waals surface area contributed by atoms with Crippen LogP contribution < -0.4 is 0 Å². The second kappa shape index (κ2) is 12.3. The van der Waals surface area contributed by atoms with Gasteiger partial charge in [0.25, 0.3) is 0 Å². The van der Waals surface area contributed by atoms with Crippen molar-refractivity contribution in [3.05, 3.63) is 126 Å². The maximum atomic E-state index is 4.08. The maximum absolute atomic E-state index is 4.08. The van der Waals surface area contributed by atoms with E-state index in [1.165, 1.54) is 47.2 Å². The lowest BCUT2D eigenvalue weighted by molar-refractivity contribution is 0.690. The van der Waals surface area contributed by atoms with E-state index in [9.17, 15) is 0 Å². The first kappa shape index (κ1) is 23.9. The number of thiol groups is 1. The van der Waals surface area contributed by atoms with Crippen LogP contribution >= 0.6 is 25.0 Å². The van der Waals surface area contributed by atoms with E-state index in [0.29, 0.717) is 0 Å². The molecule has 6 rings (SSSR count). The largest absolute Gasteiger partial charge is 0.147 e. The fourth-order valence-corrected chi connectivity index (χ4v) is 4.33. The summed E-state index contributed by atoms with van der Waals surface area (Å²) in [6.07, 6.45) is 5.22. The molecule has 5 aromatic rings. The molecule has 0 atom stereocenters. The summed E-state index contributed by atoms with van der Waals surface area (Å²) in [5.74, 6) is 0. The van der Waals surface area contributed by atoms with E-state index >= 15 is 0 Å². The van der Waals surface area contributed by atoms with Crippen molar-refractivity contribution in [2.24, 2.45) is 0 Å². The van der Waals surface area contributed by atoms with Gasteiger partial charge in [0.15, 0.2) is 0 Å². The van der Waals surface area contributed by atoms with Gasteiger partial charge in [-0.3, -0.25) is 0 Å². The van der Waals surface area contributed by atoms with Crippen LogP contribution in [0.3, 0.4) is 0 Å². The first-order valence-corrected chi connectivity index (χ1v) is 11.4. The van der Waals surface area contributed by atoms with Crippen molar-refractivity contribution in [3.8, 4) is 0 Å². The van der Waals surface area contributed by atoms with Crippen LogP contribution in [-0.4, -0.2) is 0 Å². The molecule has 0 saturated heterocycles. The SMILES string of the molecule is Cl.Sc1ccccc1.c1ccc2c(c1)ccc1c3c(ccc12)CCCC3.c1ccccc1. The molecule has 0 bridgehead atoms. The average Bonchev–Trinajstić information content (AvgIpc) is 2.86. The van der Waals surface area contributed by atoms with Gasteiger partial charge in [-0.15, -0.1) is 25.0 Å². The summed E-state index contributed by atoms with van der Waals surface area (Å²) in [4.78, 5) is 1.02. The highest BCUT2D eigenvalue weighted by atomic mass is 35.5. The zero-order valence-electron chi connectivity index (χ0n) is 18.2. The van der Waals surface area contributed by atoms with Gasteiger partial charge in [-0.05, 0) is 70.5 Å². The standard InChI is InChI=1S/C18H16.C6H6S.C6H6.ClH/c1-3-7-15-13(5-1)9-11-18-16-8-4-2-6-14(16)10-12-17(15)18;7-6-4-2-1-3-5-6;1-2-4-6-5-3-1;/h1,3,5,7,9-12H,2,4,6,8H2;1-5,7H;1-6H;1H. The quantitative estimate of drug-likeness (QED) is 0.174. The molecular formula is C30H29ClS. The molecule has 0 radical (unpaired) electrons. The van der Waals surface area contributed by atoms with E-state index in [2.05, 4.69) is 61.2 Å². The molecule has 0 aliphatic heterocycles. The van der Waals surface area contributed by atoms with Crippen molar-refractivity contribution in [2.45, 2.75) is 30.6 Å². The smallest absolute Gasteiger partial charge is 0.00399 e. The predicted molar refractivity (Wildman–Crippen MR) is 145 cm³/mol. The van der Waals surface area contributed by atoms with E-state index < -0.39 is 0 Å². The van der Waals surface area contributed by atoms with Crippen LogP contribution in [0.25, 0.3) is 21.5 Å². The Kier molecular flexibility index (Phi) is 9.22. The Bertz CT molecular complexity index is 1210. The summed E-state index contributed by atoms with van der Waals surface area (Å²) in [5, 5.41) is 5.64. The second-order valence-corrected chi connectivity index (χ2v) is 8.30. The summed E-state index contributed by atoms with van der Waals surface area (Å²) in [6, 6.07) is 39.8. The summed E-state index contributed by atoms with van der Waals surface area (Å²) in [7, 11) is 0. The maximum Gasteiger partial charge on any atom is 0.00399 e. The van der Waals surface area contributed by atoms with Crippen LogP contribution in [0.5, 0.6) is 0 Å². The van der Waals surface area contributed by atoms with E-state index in [1.807, 2.05) is 66.7 Å². The minimum absolute atomic E-state index is 0. The van der Waals surface area contributed by atoms with Crippen molar-refractivity contribution in [1.82, 2.24) is 0 Å². The lowest BCUT2D eigenvalue weighted by atomic mass is 9.86. The lowest BCUT2D eigenvalue weighted by Crippen LogP contribution is -2.02. The van der Waals surface area contributed by atoms with E-state index in [-0.39, 0.29) is 12.4 Å². The Balaban J connectivity index is 0.000000171. The number of rotatable bonds is 0. The van der Waals surface area contributed by atoms with Gasteiger partial charge in [-0.2, -0.15) is 0 Å². The van der Waals surface area contributed by atoms with E-state index in [1.54, 1.807) is 11.1 Å². The Labute approximate surface area is 203 Å². The van der Waals surface area contributed by atoms with Gasteiger partial charge in [0.05, 0.1) is 0 Å². The molecule has 0 fully saturated rings. The van der Waals surface area contributed by atoms with E-state index in [0.717, 1.165) is 4.90 Å². The van der Waals surface area contributed by atoms with Crippen molar-refractivity contribution >= 4 is 46.6 Å². The van der Waals surface area contributed by atoms with Crippen molar-refractivity contribution in [2.75, 3.05) is 0 Å². The summed E-state index contributed by atoms with van der Waals surface area (Å²) in [6.45, 7) is 0. The van der Waals surface area contributed by atoms with Crippen molar-refractivity contribution in [3.63, 3.8) is 0 Å². The fourth-order valence-electron chi connectivity index (χ4n) is 4.16. The predicted octanol–water partition coefficient (Wildman–Crippen LogP) is 8.96.